The van der Waals surface area contributed by atoms with Gasteiger partial charge in [-0.3, -0.25) is 4.79 Å². The molecule has 4 rings (SSSR count). The number of hydrogen-bond acceptors (Lipinski definition) is 3. The molecule has 1 aromatic carbocycles. The summed E-state index contributed by atoms with van der Waals surface area (Å²) in [5, 5.41) is 4.39. The number of halogens is 1. The van der Waals surface area contributed by atoms with Crippen LogP contribution in [0.3, 0.4) is 0 Å². The van der Waals surface area contributed by atoms with E-state index in [-0.39, 0.29) is 17.8 Å². The first-order valence-corrected chi connectivity index (χ1v) is 8.96. The minimum atomic E-state index is -0.315. The van der Waals surface area contributed by atoms with E-state index in [1.807, 2.05) is 4.90 Å². The van der Waals surface area contributed by atoms with Gasteiger partial charge in [-0.2, -0.15) is 5.10 Å². The van der Waals surface area contributed by atoms with E-state index in [4.69, 9.17) is 0 Å². The molecule has 6 heteroatoms. The molecular formula is C19H23FN4O. The third-order valence-electron chi connectivity index (χ3n) is 5.46. The molecule has 0 saturated carbocycles. The van der Waals surface area contributed by atoms with E-state index in [0.717, 1.165) is 32.4 Å². The van der Waals surface area contributed by atoms with Gasteiger partial charge in [-0.25, -0.2) is 9.07 Å². The van der Waals surface area contributed by atoms with E-state index in [9.17, 15) is 9.18 Å². The van der Waals surface area contributed by atoms with Crippen LogP contribution < -0.4 is 0 Å². The van der Waals surface area contributed by atoms with Crippen LogP contribution in [-0.2, 0) is 0 Å². The zero-order valence-electron chi connectivity index (χ0n) is 14.4. The number of carbonyl (C=O) groups excluding carboxylic acids is 1. The van der Waals surface area contributed by atoms with Crippen molar-refractivity contribution in [2.45, 2.75) is 37.8 Å². The van der Waals surface area contributed by atoms with Crippen molar-refractivity contribution in [2.75, 3.05) is 20.1 Å². The van der Waals surface area contributed by atoms with Gasteiger partial charge in [0.15, 0.2) is 5.69 Å². The summed E-state index contributed by atoms with van der Waals surface area (Å²) in [6.45, 7) is 1.90. The van der Waals surface area contributed by atoms with E-state index in [2.05, 4.69) is 17.0 Å². The number of amides is 1. The van der Waals surface area contributed by atoms with Crippen molar-refractivity contribution in [3.63, 3.8) is 0 Å². The number of aromatic nitrogens is 2. The van der Waals surface area contributed by atoms with E-state index in [0.29, 0.717) is 17.4 Å². The molecule has 5 nitrogen and oxygen atoms in total. The van der Waals surface area contributed by atoms with Crippen molar-refractivity contribution in [1.82, 2.24) is 19.6 Å². The normalized spacial score (nSPS) is 24.2. The lowest BCUT2D eigenvalue weighted by Gasteiger charge is -2.32. The Morgan fingerprint density at radius 3 is 2.72 bits per heavy atom. The summed E-state index contributed by atoms with van der Waals surface area (Å²) in [5.41, 5.74) is 1.05. The molecule has 1 amide bonds. The Morgan fingerprint density at radius 1 is 1.16 bits per heavy atom. The molecule has 1 aromatic heterocycles. The highest BCUT2D eigenvalue weighted by atomic mass is 19.1. The van der Waals surface area contributed by atoms with Crippen LogP contribution in [0.5, 0.6) is 0 Å². The highest BCUT2D eigenvalue weighted by molar-refractivity contribution is 5.92. The second-order valence-electron chi connectivity index (χ2n) is 7.02. The summed E-state index contributed by atoms with van der Waals surface area (Å²) < 4.78 is 15.0. The molecule has 132 valence electrons. The minimum Gasteiger partial charge on any atom is -0.333 e. The van der Waals surface area contributed by atoms with Crippen molar-refractivity contribution in [2.24, 2.45) is 0 Å². The van der Waals surface area contributed by atoms with Crippen molar-refractivity contribution in [1.29, 1.82) is 0 Å². The Kier molecular flexibility index (Phi) is 4.29. The second kappa shape index (κ2) is 6.59. The third-order valence-corrected chi connectivity index (χ3v) is 5.46. The Hall–Kier alpha value is -2.21. The van der Waals surface area contributed by atoms with Crippen LogP contribution in [-0.4, -0.2) is 57.7 Å². The van der Waals surface area contributed by atoms with Crippen LogP contribution in [0.25, 0.3) is 5.69 Å². The van der Waals surface area contributed by atoms with Gasteiger partial charge in [-0.05, 0) is 63.5 Å². The molecule has 2 fully saturated rings. The Labute approximate surface area is 147 Å². The maximum atomic E-state index is 13.4. The predicted octanol–water partition coefficient (Wildman–Crippen LogP) is 2.71. The smallest absolute Gasteiger partial charge is 0.274 e. The van der Waals surface area contributed by atoms with Crippen LogP contribution >= 0.6 is 0 Å². The van der Waals surface area contributed by atoms with Crippen molar-refractivity contribution in [3.8, 4) is 5.69 Å². The van der Waals surface area contributed by atoms with Gasteiger partial charge >= 0.3 is 0 Å². The quantitative estimate of drug-likeness (QED) is 0.861. The molecule has 0 N–H and O–H groups in total. The fraction of sp³-hybridized carbons (Fsp3) is 0.474. The number of hydrogen-bond donors (Lipinski definition) is 0. The molecule has 0 spiro atoms. The summed E-state index contributed by atoms with van der Waals surface area (Å²) >= 11 is 0. The molecule has 0 unspecified atom stereocenters. The van der Waals surface area contributed by atoms with Crippen molar-refractivity contribution < 1.29 is 9.18 Å². The summed E-state index contributed by atoms with van der Waals surface area (Å²) in [6.07, 6.45) is 6.18. The maximum absolute atomic E-state index is 13.4. The van der Waals surface area contributed by atoms with Gasteiger partial charge in [-0.15, -0.1) is 0 Å². The maximum Gasteiger partial charge on any atom is 0.274 e. The summed E-state index contributed by atoms with van der Waals surface area (Å²) in [6, 6.07) is 8.67. The average molecular weight is 342 g/mol. The highest BCUT2D eigenvalue weighted by Gasteiger charge is 2.39. The Balaban J connectivity index is 1.54. The molecule has 2 aromatic rings. The zero-order chi connectivity index (χ0) is 17.4. The van der Waals surface area contributed by atoms with Gasteiger partial charge in [0.25, 0.3) is 5.91 Å². The SMILES string of the molecule is CN1CCC[C@@H]1[C@@H]1CCCN1C(=O)c1ccn(-c2cccc(F)c2)n1. The lowest BCUT2D eigenvalue weighted by Crippen LogP contribution is -2.47. The van der Waals surface area contributed by atoms with Crippen LogP contribution in [0.1, 0.15) is 36.2 Å². The molecule has 0 aliphatic carbocycles. The molecule has 3 heterocycles. The summed E-state index contributed by atoms with van der Waals surface area (Å²) in [7, 11) is 2.15. The van der Waals surface area contributed by atoms with Crippen LogP contribution in [0.15, 0.2) is 36.5 Å². The van der Waals surface area contributed by atoms with E-state index < -0.39 is 0 Å². The highest BCUT2D eigenvalue weighted by Crippen LogP contribution is 2.30. The lowest BCUT2D eigenvalue weighted by atomic mass is 10.0. The molecule has 2 saturated heterocycles. The Morgan fingerprint density at radius 2 is 1.96 bits per heavy atom. The van der Waals surface area contributed by atoms with Gasteiger partial charge in [0.05, 0.1) is 5.69 Å². The molecule has 2 aliphatic heterocycles. The molecule has 0 radical (unpaired) electrons. The van der Waals surface area contributed by atoms with E-state index in [1.165, 1.54) is 18.6 Å². The zero-order valence-corrected chi connectivity index (χ0v) is 14.4. The van der Waals surface area contributed by atoms with Gasteiger partial charge in [0.1, 0.15) is 5.82 Å². The van der Waals surface area contributed by atoms with Gasteiger partial charge in [0.2, 0.25) is 0 Å². The first-order chi connectivity index (χ1) is 12.1. The van der Waals surface area contributed by atoms with Crippen molar-refractivity contribution in [3.05, 3.63) is 48.0 Å². The van der Waals surface area contributed by atoms with E-state index in [1.54, 1.807) is 29.1 Å². The first kappa shape index (κ1) is 16.3. The summed E-state index contributed by atoms with van der Waals surface area (Å²) in [4.78, 5) is 17.4. The van der Waals surface area contributed by atoms with Crippen LogP contribution in [0.2, 0.25) is 0 Å². The minimum absolute atomic E-state index is 0.0158. The van der Waals surface area contributed by atoms with Crippen molar-refractivity contribution >= 4 is 5.91 Å². The standard InChI is InChI=1S/C19H23FN4O/c1-22-10-3-7-17(22)18-8-4-11-23(18)19(25)16-9-12-24(21-16)15-6-2-5-14(20)13-15/h2,5-6,9,12-13,17-18H,3-4,7-8,10-11H2,1H3/t17-,18+/m1/s1. The molecular weight excluding hydrogens is 319 g/mol. The monoisotopic (exact) mass is 342 g/mol. The number of carbonyl (C=O) groups is 1. The van der Waals surface area contributed by atoms with E-state index >= 15 is 0 Å². The number of rotatable bonds is 3. The Bertz CT molecular complexity index is 774. The van der Waals surface area contributed by atoms with Gasteiger partial charge < -0.3 is 9.80 Å². The molecule has 2 atom stereocenters. The molecule has 0 bridgehead atoms. The van der Waals surface area contributed by atoms with Gasteiger partial charge in [-0.1, -0.05) is 6.07 Å². The topological polar surface area (TPSA) is 41.4 Å². The molecule has 2 aliphatic rings. The fourth-order valence-corrected chi connectivity index (χ4v) is 4.21. The fourth-order valence-electron chi connectivity index (χ4n) is 4.21. The number of benzene rings is 1. The van der Waals surface area contributed by atoms with Gasteiger partial charge in [0, 0.05) is 24.8 Å². The van der Waals surface area contributed by atoms with Crippen LogP contribution in [0.4, 0.5) is 4.39 Å². The number of likely N-dealkylation sites (tertiary alicyclic amines) is 2. The predicted molar refractivity (Wildman–Crippen MR) is 93.2 cm³/mol. The lowest BCUT2D eigenvalue weighted by molar-refractivity contribution is 0.0658. The van der Waals surface area contributed by atoms with Crippen LogP contribution in [0, 0.1) is 5.82 Å². The number of likely N-dealkylation sites (N-methyl/N-ethyl adjacent to an activating group) is 1. The first-order valence-electron chi connectivity index (χ1n) is 8.96. The summed E-state index contributed by atoms with van der Waals surface area (Å²) in [5.74, 6) is -0.331. The number of nitrogens with zero attached hydrogens (tertiary/aromatic N) is 4. The molecule has 25 heavy (non-hydrogen) atoms. The second-order valence-corrected chi connectivity index (χ2v) is 7.02. The largest absolute Gasteiger partial charge is 0.333 e. The third kappa shape index (κ3) is 3.06. The average Bonchev–Trinajstić information content (AvgIpc) is 3.34.